The van der Waals surface area contributed by atoms with Crippen LogP contribution in [0.3, 0.4) is 0 Å². The van der Waals surface area contributed by atoms with Gasteiger partial charge in [-0.2, -0.15) is 0 Å². The molecule has 0 aliphatic carbocycles. The highest BCUT2D eigenvalue weighted by molar-refractivity contribution is 14.1. The van der Waals surface area contributed by atoms with Gasteiger partial charge in [-0.05, 0) is 0 Å². The predicted octanol–water partition coefficient (Wildman–Crippen LogP) is 0.341. The fourth-order valence-corrected chi connectivity index (χ4v) is 1.30. The van der Waals surface area contributed by atoms with Crippen LogP contribution in [0.4, 0.5) is 0 Å². The number of nitrogens with one attached hydrogen (secondary N) is 1. The number of carbonyl (C=O) groups is 1. The molecular weight excluding hydrogens is 283 g/mol. The Morgan fingerprint density at radius 1 is 1.54 bits per heavy atom. The maximum absolute atomic E-state index is 10.8. The highest BCUT2D eigenvalue weighted by atomic mass is 127. The molecule has 1 amide bonds. The summed E-state index contributed by atoms with van der Waals surface area (Å²) in [4.78, 5) is 13.1. The molecule has 1 rings (SSSR count). The van der Waals surface area contributed by atoms with Gasteiger partial charge in [0.2, 0.25) is 0 Å². The maximum Gasteiger partial charge on any atom is 0.252 e. The van der Waals surface area contributed by atoms with E-state index in [1.807, 2.05) is 28.9 Å². The molecule has 0 saturated carbocycles. The van der Waals surface area contributed by atoms with Gasteiger partial charge in [-0.3, -0.25) is 13.2 Å². The minimum Gasteiger partial charge on any atom is -0.379 e. The minimum atomic E-state index is -0.0612. The van der Waals surface area contributed by atoms with E-state index in [2.05, 4.69) is 8.43 Å². The zero-order valence-electron chi connectivity index (χ0n) is 7.33. The van der Waals surface area contributed by atoms with E-state index in [4.69, 9.17) is 4.74 Å². The number of amides is 1. The smallest absolute Gasteiger partial charge is 0.252 e. The van der Waals surface area contributed by atoms with Gasteiger partial charge in [0.1, 0.15) is 0 Å². The second kappa shape index (κ2) is 6.33. The molecule has 1 heterocycles. The first-order chi connectivity index (χ1) is 6.33. The van der Waals surface area contributed by atoms with E-state index >= 15 is 0 Å². The SMILES string of the molecule is O=C(/C=C/CN1CCOCC1)NI. The van der Waals surface area contributed by atoms with Crippen molar-refractivity contribution in [2.75, 3.05) is 32.8 Å². The molecule has 5 heteroatoms. The van der Waals surface area contributed by atoms with Crippen LogP contribution in [0.2, 0.25) is 0 Å². The van der Waals surface area contributed by atoms with Gasteiger partial charge in [-0.25, -0.2) is 0 Å². The van der Waals surface area contributed by atoms with Crippen molar-refractivity contribution in [2.24, 2.45) is 0 Å². The molecular formula is C8H13IN2O2. The van der Waals surface area contributed by atoms with E-state index in [-0.39, 0.29) is 5.91 Å². The van der Waals surface area contributed by atoms with E-state index in [1.165, 1.54) is 0 Å². The third kappa shape index (κ3) is 4.58. The van der Waals surface area contributed by atoms with Gasteiger partial charge < -0.3 is 4.74 Å². The lowest BCUT2D eigenvalue weighted by Gasteiger charge is -2.24. The van der Waals surface area contributed by atoms with Gasteiger partial charge in [-0.1, -0.05) is 6.08 Å². The third-order valence-electron chi connectivity index (χ3n) is 1.83. The van der Waals surface area contributed by atoms with E-state index in [1.54, 1.807) is 6.08 Å². The Hall–Kier alpha value is -0.140. The van der Waals surface area contributed by atoms with Crippen LogP contribution in [0.15, 0.2) is 12.2 Å². The molecule has 1 fully saturated rings. The van der Waals surface area contributed by atoms with Crippen molar-refractivity contribution in [3.8, 4) is 0 Å². The highest BCUT2D eigenvalue weighted by Crippen LogP contribution is 1.95. The lowest BCUT2D eigenvalue weighted by atomic mass is 10.4. The Balaban J connectivity index is 2.16. The Morgan fingerprint density at radius 2 is 2.23 bits per heavy atom. The average molecular weight is 296 g/mol. The van der Waals surface area contributed by atoms with E-state index < -0.39 is 0 Å². The molecule has 1 saturated heterocycles. The van der Waals surface area contributed by atoms with E-state index in [0.29, 0.717) is 0 Å². The van der Waals surface area contributed by atoms with Crippen molar-refractivity contribution < 1.29 is 9.53 Å². The van der Waals surface area contributed by atoms with Crippen LogP contribution in [0.1, 0.15) is 0 Å². The van der Waals surface area contributed by atoms with Crippen molar-refractivity contribution in [2.45, 2.75) is 0 Å². The molecule has 0 unspecified atom stereocenters. The fraction of sp³-hybridized carbons (Fsp3) is 0.625. The molecule has 1 N–H and O–H groups in total. The molecule has 1 aliphatic rings. The van der Waals surface area contributed by atoms with Crippen molar-refractivity contribution in [1.29, 1.82) is 0 Å². The summed E-state index contributed by atoms with van der Waals surface area (Å²) in [5.74, 6) is -0.0612. The third-order valence-corrected chi connectivity index (χ3v) is 2.36. The molecule has 0 spiro atoms. The first-order valence-corrected chi connectivity index (χ1v) is 5.28. The van der Waals surface area contributed by atoms with Crippen LogP contribution in [0.25, 0.3) is 0 Å². The molecule has 74 valence electrons. The number of morpholine rings is 1. The topological polar surface area (TPSA) is 41.6 Å². The van der Waals surface area contributed by atoms with Crippen molar-refractivity contribution in [3.63, 3.8) is 0 Å². The Kier molecular flexibility index (Phi) is 5.33. The summed E-state index contributed by atoms with van der Waals surface area (Å²) in [7, 11) is 0. The summed E-state index contributed by atoms with van der Waals surface area (Å²) in [6.07, 6.45) is 3.43. The number of halogens is 1. The van der Waals surface area contributed by atoms with Crippen LogP contribution in [0, 0.1) is 0 Å². The van der Waals surface area contributed by atoms with Gasteiger partial charge >= 0.3 is 0 Å². The van der Waals surface area contributed by atoms with Gasteiger partial charge in [-0.15, -0.1) is 0 Å². The lowest BCUT2D eigenvalue weighted by molar-refractivity contribution is -0.114. The minimum absolute atomic E-state index is 0.0612. The molecule has 1 aliphatic heterocycles. The van der Waals surface area contributed by atoms with E-state index in [0.717, 1.165) is 32.8 Å². The Bertz CT molecular complexity index is 191. The first-order valence-electron chi connectivity index (χ1n) is 4.20. The molecule has 0 aromatic rings. The monoisotopic (exact) mass is 296 g/mol. The zero-order valence-corrected chi connectivity index (χ0v) is 9.49. The van der Waals surface area contributed by atoms with Crippen LogP contribution in [-0.2, 0) is 9.53 Å². The summed E-state index contributed by atoms with van der Waals surface area (Å²) in [5.41, 5.74) is 0. The standard InChI is InChI=1S/C8H13IN2O2/c9-10-8(12)2-1-3-11-4-6-13-7-5-11/h1-2H,3-7H2,(H,10,12)/b2-1+. The molecule has 13 heavy (non-hydrogen) atoms. The second-order valence-corrected chi connectivity index (χ2v) is 3.31. The zero-order chi connectivity index (χ0) is 9.52. The van der Waals surface area contributed by atoms with Crippen molar-refractivity contribution >= 4 is 28.8 Å². The molecule has 0 bridgehead atoms. The summed E-state index contributed by atoms with van der Waals surface area (Å²) < 4.78 is 7.71. The van der Waals surface area contributed by atoms with E-state index in [9.17, 15) is 4.79 Å². The lowest BCUT2D eigenvalue weighted by Crippen LogP contribution is -2.36. The van der Waals surface area contributed by atoms with Crippen molar-refractivity contribution in [3.05, 3.63) is 12.2 Å². The normalized spacial score (nSPS) is 19.2. The molecule has 0 aromatic carbocycles. The largest absolute Gasteiger partial charge is 0.379 e. The molecule has 0 atom stereocenters. The van der Waals surface area contributed by atoms with Crippen LogP contribution in [0.5, 0.6) is 0 Å². The quantitative estimate of drug-likeness (QED) is 0.464. The number of ether oxygens (including phenoxy) is 1. The summed E-state index contributed by atoms with van der Waals surface area (Å²) >= 11 is 1.82. The summed E-state index contributed by atoms with van der Waals surface area (Å²) in [6, 6.07) is 0. The molecule has 0 aromatic heterocycles. The number of carbonyl (C=O) groups excluding carboxylic acids is 1. The van der Waals surface area contributed by atoms with Crippen LogP contribution in [-0.4, -0.2) is 43.7 Å². The van der Waals surface area contributed by atoms with Gasteiger partial charge in [0.05, 0.1) is 36.1 Å². The maximum atomic E-state index is 10.8. The molecule has 4 nitrogen and oxygen atoms in total. The number of hydrogen-bond donors (Lipinski definition) is 1. The van der Waals surface area contributed by atoms with Crippen LogP contribution < -0.4 is 3.53 Å². The second-order valence-electron chi connectivity index (χ2n) is 2.77. The van der Waals surface area contributed by atoms with Crippen LogP contribution >= 0.6 is 22.9 Å². The fourth-order valence-electron chi connectivity index (χ4n) is 1.12. The summed E-state index contributed by atoms with van der Waals surface area (Å²) in [6.45, 7) is 4.33. The Labute approximate surface area is 91.8 Å². The number of hydrogen-bond acceptors (Lipinski definition) is 3. The van der Waals surface area contributed by atoms with Crippen molar-refractivity contribution in [1.82, 2.24) is 8.43 Å². The predicted molar refractivity (Wildman–Crippen MR) is 58.6 cm³/mol. The Morgan fingerprint density at radius 3 is 2.85 bits per heavy atom. The summed E-state index contributed by atoms with van der Waals surface area (Å²) in [5, 5.41) is 0. The average Bonchev–Trinajstić information content (AvgIpc) is 2.19. The molecule has 0 radical (unpaired) electrons. The first kappa shape index (κ1) is 10.9. The highest BCUT2D eigenvalue weighted by Gasteiger charge is 2.07. The van der Waals surface area contributed by atoms with Gasteiger partial charge in [0, 0.05) is 25.7 Å². The number of nitrogens with zero attached hydrogens (tertiary/aromatic N) is 1. The van der Waals surface area contributed by atoms with Gasteiger partial charge in [0.15, 0.2) is 0 Å². The van der Waals surface area contributed by atoms with Gasteiger partial charge in [0.25, 0.3) is 5.91 Å². The number of rotatable bonds is 3.